The van der Waals surface area contributed by atoms with Gasteiger partial charge in [-0.1, -0.05) is 53.2 Å². The van der Waals surface area contributed by atoms with Crippen molar-refractivity contribution in [2.75, 3.05) is 0 Å². The van der Waals surface area contributed by atoms with Crippen LogP contribution in [0.25, 0.3) is 0 Å². The number of allylic oxidation sites excluding steroid dienone is 9. The van der Waals surface area contributed by atoms with E-state index in [0.29, 0.717) is 0 Å². The summed E-state index contributed by atoms with van der Waals surface area (Å²) in [5.41, 5.74) is 7.07. The number of hydrogen-bond acceptors (Lipinski definition) is 0. The van der Waals surface area contributed by atoms with Gasteiger partial charge in [0.1, 0.15) is 0 Å². The van der Waals surface area contributed by atoms with E-state index in [1.807, 2.05) is 0 Å². The second-order valence-corrected chi connectivity index (χ2v) is 6.16. The Morgan fingerprint density at radius 2 is 1.35 bits per heavy atom. The van der Waals surface area contributed by atoms with Gasteiger partial charge in [0, 0.05) is 0 Å². The standard InChI is InChI=1S/C20H30/c1-16(2)20-14-12-18(4)10-6-8-17(3)9-7-11-19(5)13-15-20/h8,11-12,14H,1,6-7,9-10,13,15H2,2-5H3. The molecule has 1 rings (SSSR count). The molecule has 0 amide bonds. The molecule has 0 N–H and O–H groups in total. The summed E-state index contributed by atoms with van der Waals surface area (Å²) in [5, 5.41) is 0. The molecule has 0 spiro atoms. The third-order valence-electron chi connectivity index (χ3n) is 3.97. The summed E-state index contributed by atoms with van der Waals surface area (Å²) >= 11 is 0. The summed E-state index contributed by atoms with van der Waals surface area (Å²) in [6.07, 6.45) is 16.3. The van der Waals surface area contributed by atoms with Crippen LogP contribution in [0.15, 0.2) is 58.7 Å². The third kappa shape index (κ3) is 6.75. The lowest BCUT2D eigenvalue weighted by Crippen LogP contribution is -1.88. The van der Waals surface area contributed by atoms with Gasteiger partial charge in [0.05, 0.1) is 0 Å². The first-order valence-corrected chi connectivity index (χ1v) is 7.82. The molecule has 0 heteroatoms. The fourth-order valence-corrected chi connectivity index (χ4v) is 2.39. The topological polar surface area (TPSA) is 0 Å². The van der Waals surface area contributed by atoms with E-state index in [4.69, 9.17) is 0 Å². The average Bonchev–Trinajstić information content (AvgIpc) is 2.37. The van der Waals surface area contributed by atoms with Crippen LogP contribution in [0.4, 0.5) is 0 Å². The van der Waals surface area contributed by atoms with Crippen molar-refractivity contribution < 1.29 is 0 Å². The molecule has 0 aromatic rings. The van der Waals surface area contributed by atoms with E-state index < -0.39 is 0 Å². The molecule has 0 heterocycles. The van der Waals surface area contributed by atoms with Gasteiger partial charge >= 0.3 is 0 Å². The molecule has 0 aromatic carbocycles. The molecule has 0 aliphatic heterocycles. The van der Waals surface area contributed by atoms with Crippen molar-refractivity contribution >= 4 is 0 Å². The summed E-state index contributed by atoms with van der Waals surface area (Å²) in [7, 11) is 0. The average molecular weight is 270 g/mol. The van der Waals surface area contributed by atoms with Crippen molar-refractivity contribution in [1.82, 2.24) is 0 Å². The maximum atomic E-state index is 4.11. The first-order chi connectivity index (χ1) is 9.49. The Kier molecular flexibility index (Phi) is 7.36. The Balaban J connectivity index is 2.90. The monoisotopic (exact) mass is 270 g/mol. The molecule has 20 heavy (non-hydrogen) atoms. The van der Waals surface area contributed by atoms with Crippen LogP contribution in [0.5, 0.6) is 0 Å². The van der Waals surface area contributed by atoms with Crippen LogP contribution in [0.3, 0.4) is 0 Å². The first kappa shape index (κ1) is 16.8. The van der Waals surface area contributed by atoms with Gasteiger partial charge in [0.25, 0.3) is 0 Å². The minimum absolute atomic E-state index is 1.11. The Hall–Kier alpha value is -1.30. The fraction of sp³-hybridized carbons (Fsp3) is 0.500. The van der Waals surface area contributed by atoms with Crippen LogP contribution < -0.4 is 0 Å². The van der Waals surface area contributed by atoms with Crippen LogP contribution in [0.2, 0.25) is 0 Å². The Morgan fingerprint density at radius 3 is 1.95 bits per heavy atom. The summed E-state index contributed by atoms with van der Waals surface area (Å²) in [6.45, 7) is 13.0. The minimum atomic E-state index is 1.11. The van der Waals surface area contributed by atoms with Crippen LogP contribution in [0, 0.1) is 0 Å². The first-order valence-electron chi connectivity index (χ1n) is 7.82. The lowest BCUT2D eigenvalue weighted by atomic mass is 9.98. The molecular weight excluding hydrogens is 240 g/mol. The van der Waals surface area contributed by atoms with Crippen molar-refractivity contribution in [2.24, 2.45) is 0 Å². The van der Waals surface area contributed by atoms with E-state index in [-0.39, 0.29) is 0 Å². The molecule has 0 saturated heterocycles. The maximum Gasteiger partial charge on any atom is -0.0239 e. The molecule has 1 aliphatic carbocycles. The highest BCUT2D eigenvalue weighted by Crippen LogP contribution is 2.20. The van der Waals surface area contributed by atoms with E-state index in [9.17, 15) is 0 Å². The van der Waals surface area contributed by atoms with E-state index in [1.54, 1.807) is 0 Å². The zero-order valence-corrected chi connectivity index (χ0v) is 13.8. The van der Waals surface area contributed by atoms with Gasteiger partial charge in [-0.2, -0.15) is 0 Å². The molecule has 0 atom stereocenters. The molecule has 0 bridgehead atoms. The molecule has 110 valence electrons. The molecule has 1 aliphatic rings. The summed E-state index contributed by atoms with van der Waals surface area (Å²) in [6, 6.07) is 0. The highest BCUT2D eigenvalue weighted by molar-refractivity contribution is 5.31. The zero-order valence-electron chi connectivity index (χ0n) is 13.8. The second-order valence-electron chi connectivity index (χ2n) is 6.16. The normalized spacial score (nSPS) is 19.2. The van der Waals surface area contributed by atoms with E-state index >= 15 is 0 Å². The molecule has 0 fully saturated rings. The van der Waals surface area contributed by atoms with E-state index in [2.05, 4.69) is 58.6 Å². The second kappa shape index (κ2) is 8.79. The zero-order chi connectivity index (χ0) is 15.0. The van der Waals surface area contributed by atoms with Crippen molar-refractivity contribution in [3.8, 4) is 0 Å². The fourth-order valence-electron chi connectivity index (χ4n) is 2.39. The van der Waals surface area contributed by atoms with Crippen molar-refractivity contribution in [2.45, 2.75) is 66.2 Å². The molecular formula is C20H30. The number of rotatable bonds is 1. The van der Waals surface area contributed by atoms with E-state index in [0.717, 1.165) is 25.7 Å². The highest BCUT2D eigenvalue weighted by atomic mass is 14.1. The van der Waals surface area contributed by atoms with Crippen molar-refractivity contribution in [1.29, 1.82) is 0 Å². The maximum absolute atomic E-state index is 4.11. The van der Waals surface area contributed by atoms with Gasteiger partial charge in [-0.15, -0.1) is 0 Å². The van der Waals surface area contributed by atoms with Crippen LogP contribution in [-0.4, -0.2) is 0 Å². The predicted octanol–water partition coefficient (Wildman–Crippen LogP) is 6.68. The molecule has 0 aromatic heterocycles. The molecule has 0 unspecified atom stereocenters. The molecule has 0 radical (unpaired) electrons. The Labute approximate surface area is 125 Å². The van der Waals surface area contributed by atoms with Gasteiger partial charge in [0.15, 0.2) is 0 Å². The Bertz CT molecular complexity index is 452. The smallest absolute Gasteiger partial charge is 0.0239 e. The van der Waals surface area contributed by atoms with Gasteiger partial charge in [-0.25, -0.2) is 0 Å². The lowest BCUT2D eigenvalue weighted by molar-refractivity contribution is 0.885. The Morgan fingerprint density at radius 1 is 0.800 bits per heavy atom. The molecule has 0 saturated carbocycles. The van der Waals surface area contributed by atoms with Gasteiger partial charge in [-0.3, -0.25) is 0 Å². The van der Waals surface area contributed by atoms with Crippen LogP contribution in [0.1, 0.15) is 66.2 Å². The number of hydrogen-bond donors (Lipinski definition) is 0. The molecule has 0 nitrogen and oxygen atoms in total. The van der Waals surface area contributed by atoms with Gasteiger partial charge in [-0.05, 0) is 71.8 Å². The summed E-state index contributed by atoms with van der Waals surface area (Å²) < 4.78 is 0. The quantitative estimate of drug-likeness (QED) is 0.466. The van der Waals surface area contributed by atoms with E-state index in [1.165, 1.54) is 40.7 Å². The van der Waals surface area contributed by atoms with Crippen LogP contribution >= 0.6 is 0 Å². The summed E-state index contributed by atoms with van der Waals surface area (Å²) in [4.78, 5) is 0. The third-order valence-corrected chi connectivity index (χ3v) is 3.97. The van der Waals surface area contributed by atoms with Gasteiger partial charge < -0.3 is 0 Å². The summed E-state index contributed by atoms with van der Waals surface area (Å²) in [5.74, 6) is 0. The van der Waals surface area contributed by atoms with Crippen molar-refractivity contribution in [3.05, 3.63) is 58.7 Å². The largest absolute Gasteiger partial charge is 0.0958 e. The highest BCUT2D eigenvalue weighted by Gasteiger charge is 2.00. The van der Waals surface area contributed by atoms with Crippen LogP contribution in [-0.2, 0) is 0 Å². The SMILES string of the molecule is C=C(C)C1=CC=C(C)CCC=C(C)CCC=C(C)CC1. The van der Waals surface area contributed by atoms with Gasteiger partial charge in [0.2, 0.25) is 0 Å². The predicted molar refractivity (Wildman–Crippen MR) is 91.9 cm³/mol. The minimum Gasteiger partial charge on any atom is -0.0958 e. The lowest BCUT2D eigenvalue weighted by Gasteiger charge is -2.08. The van der Waals surface area contributed by atoms with Crippen molar-refractivity contribution in [3.63, 3.8) is 0 Å².